The molecule has 20 heavy (non-hydrogen) atoms. The Balaban J connectivity index is 2.65. The van der Waals surface area contributed by atoms with Crippen molar-refractivity contribution in [3.8, 4) is 0 Å². The van der Waals surface area contributed by atoms with Crippen molar-refractivity contribution in [3.63, 3.8) is 0 Å². The van der Waals surface area contributed by atoms with E-state index in [0.29, 0.717) is 13.1 Å². The Bertz CT molecular complexity index is 553. The number of nitrogens with one attached hydrogen (secondary N) is 1. The summed E-state index contributed by atoms with van der Waals surface area (Å²) in [5.74, 6) is -0.151. The third-order valence-electron chi connectivity index (χ3n) is 3.11. The van der Waals surface area contributed by atoms with Crippen LogP contribution in [-0.2, 0) is 21.4 Å². The van der Waals surface area contributed by atoms with Gasteiger partial charge in [0.15, 0.2) is 0 Å². The lowest BCUT2D eigenvalue weighted by Crippen LogP contribution is -2.37. The van der Waals surface area contributed by atoms with Crippen molar-refractivity contribution in [2.75, 3.05) is 6.54 Å². The summed E-state index contributed by atoms with van der Waals surface area (Å²) in [6, 6.07) is 6.07. The van der Waals surface area contributed by atoms with Crippen LogP contribution in [0.5, 0.6) is 0 Å². The van der Waals surface area contributed by atoms with Crippen LogP contribution in [0.3, 0.4) is 0 Å². The summed E-state index contributed by atoms with van der Waals surface area (Å²) in [5.41, 5.74) is 6.37. The number of benzene rings is 1. The minimum Gasteiger partial charge on any atom is -0.352 e. The van der Waals surface area contributed by atoms with Gasteiger partial charge < -0.3 is 11.1 Å². The smallest absolute Gasteiger partial charge is 0.238 e. The average molecular weight is 299 g/mol. The van der Waals surface area contributed by atoms with Gasteiger partial charge >= 0.3 is 0 Å². The molecule has 0 radical (unpaired) electrons. The maximum absolute atomic E-state index is 11.9. The lowest BCUT2D eigenvalue weighted by Gasteiger charge is -2.18. The van der Waals surface area contributed by atoms with E-state index in [9.17, 15) is 13.2 Å². The molecule has 0 heterocycles. The normalized spacial score (nSPS) is 13.2. The van der Waals surface area contributed by atoms with E-state index in [2.05, 4.69) is 5.32 Å². The first-order valence-corrected chi connectivity index (χ1v) is 7.90. The summed E-state index contributed by atoms with van der Waals surface area (Å²) < 4.78 is 22.2. The third kappa shape index (κ3) is 4.59. The van der Waals surface area contributed by atoms with Crippen molar-refractivity contribution in [3.05, 3.63) is 29.8 Å². The van der Waals surface area contributed by atoms with Gasteiger partial charge in [0.2, 0.25) is 15.9 Å². The molecule has 0 bridgehead atoms. The Morgan fingerprint density at radius 2 is 1.80 bits per heavy atom. The van der Waals surface area contributed by atoms with Crippen LogP contribution in [0.2, 0.25) is 0 Å². The molecular formula is C13H21N3O3S. The number of hydrogen-bond acceptors (Lipinski definition) is 4. The predicted molar refractivity (Wildman–Crippen MR) is 77.0 cm³/mol. The zero-order valence-electron chi connectivity index (χ0n) is 11.7. The Morgan fingerprint density at radius 3 is 2.20 bits per heavy atom. The fourth-order valence-electron chi connectivity index (χ4n) is 1.80. The Hall–Kier alpha value is -1.44. The van der Waals surface area contributed by atoms with E-state index in [1.807, 2.05) is 13.8 Å². The van der Waals surface area contributed by atoms with E-state index in [4.69, 9.17) is 10.9 Å². The summed E-state index contributed by atoms with van der Waals surface area (Å²) in [5, 5.41) is 7.80. The first kappa shape index (κ1) is 16.6. The van der Waals surface area contributed by atoms with Crippen LogP contribution in [-0.4, -0.2) is 20.9 Å². The second kappa shape index (κ2) is 6.83. The number of hydrogen-bond donors (Lipinski definition) is 3. The molecule has 0 aliphatic heterocycles. The highest BCUT2D eigenvalue weighted by molar-refractivity contribution is 7.89. The van der Waals surface area contributed by atoms with Crippen molar-refractivity contribution < 1.29 is 13.2 Å². The van der Waals surface area contributed by atoms with Crippen molar-refractivity contribution in [2.45, 2.75) is 25.3 Å². The number of amides is 1. The minimum atomic E-state index is -3.68. The van der Waals surface area contributed by atoms with Gasteiger partial charge in [0, 0.05) is 13.1 Å². The molecule has 7 heteroatoms. The van der Waals surface area contributed by atoms with Crippen molar-refractivity contribution in [1.82, 2.24) is 5.32 Å². The average Bonchev–Trinajstić information content (AvgIpc) is 2.36. The van der Waals surface area contributed by atoms with Gasteiger partial charge in [0.25, 0.3) is 0 Å². The summed E-state index contributed by atoms with van der Waals surface area (Å²) >= 11 is 0. The Kier molecular flexibility index (Phi) is 5.67. The number of sulfonamides is 1. The third-order valence-corrected chi connectivity index (χ3v) is 4.04. The molecule has 1 aromatic rings. The summed E-state index contributed by atoms with van der Waals surface area (Å²) in [6.07, 6.45) is 0. The largest absolute Gasteiger partial charge is 0.352 e. The molecule has 1 unspecified atom stereocenters. The summed E-state index contributed by atoms with van der Waals surface area (Å²) in [6.45, 7) is 4.51. The summed E-state index contributed by atoms with van der Waals surface area (Å²) in [4.78, 5) is 12.0. The molecule has 0 fully saturated rings. The molecule has 112 valence electrons. The van der Waals surface area contributed by atoms with E-state index < -0.39 is 10.0 Å². The van der Waals surface area contributed by atoms with Crippen LogP contribution in [0.25, 0.3) is 0 Å². The van der Waals surface area contributed by atoms with E-state index in [1.165, 1.54) is 12.1 Å². The second-order valence-corrected chi connectivity index (χ2v) is 6.55. The van der Waals surface area contributed by atoms with E-state index in [-0.39, 0.29) is 22.6 Å². The molecule has 0 saturated heterocycles. The topological polar surface area (TPSA) is 115 Å². The molecule has 1 rings (SSSR count). The number of nitrogens with two attached hydrogens (primary N) is 2. The number of primary sulfonamides is 1. The molecule has 1 aromatic carbocycles. The highest BCUT2D eigenvalue weighted by Gasteiger charge is 2.19. The van der Waals surface area contributed by atoms with Gasteiger partial charge in [0.1, 0.15) is 0 Å². The highest BCUT2D eigenvalue weighted by atomic mass is 32.2. The van der Waals surface area contributed by atoms with Crippen LogP contribution >= 0.6 is 0 Å². The van der Waals surface area contributed by atoms with Gasteiger partial charge in [-0.3, -0.25) is 4.79 Å². The lowest BCUT2D eigenvalue weighted by atomic mass is 9.95. The zero-order valence-corrected chi connectivity index (χ0v) is 12.5. The number of carbonyl (C=O) groups is 1. The molecule has 0 aliphatic carbocycles. The fraction of sp³-hybridized carbons (Fsp3) is 0.462. The van der Waals surface area contributed by atoms with Gasteiger partial charge in [-0.15, -0.1) is 0 Å². The van der Waals surface area contributed by atoms with Crippen LogP contribution < -0.4 is 16.2 Å². The molecule has 0 saturated carbocycles. The second-order valence-electron chi connectivity index (χ2n) is 4.99. The Labute approximate surface area is 119 Å². The van der Waals surface area contributed by atoms with Crippen LogP contribution in [0.4, 0.5) is 0 Å². The minimum absolute atomic E-state index is 0.0505. The van der Waals surface area contributed by atoms with E-state index in [0.717, 1.165) is 5.56 Å². The summed E-state index contributed by atoms with van der Waals surface area (Å²) in [7, 11) is -3.68. The fourth-order valence-corrected chi connectivity index (χ4v) is 2.31. The van der Waals surface area contributed by atoms with Gasteiger partial charge in [0.05, 0.1) is 10.8 Å². The van der Waals surface area contributed by atoms with Crippen molar-refractivity contribution >= 4 is 15.9 Å². The first-order chi connectivity index (χ1) is 9.25. The quantitative estimate of drug-likeness (QED) is 0.695. The highest BCUT2D eigenvalue weighted by Crippen LogP contribution is 2.11. The zero-order chi connectivity index (χ0) is 15.3. The molecule has 0 aromatic heterocycles. The molecule has 6 nitrogen and oxygen atoms in total. The van der Waals surface area contributed by atoms with Gasteiger partial charge in [-0.25, -0.2) is 13.6 Å². The van der Waals surface area contributed by atoms with E-state index in [1.54, 1.807) is 12.1 Å². The molecular weight excluding hydrogens is 278 g/mol. The maximum Gasteiger partial charge on any atom is 0.238 e. The van der Waals surface area contributed by atoms with E-state index >= 15 is 0 Å². The van der Waals surface area contributed by atoms with Gasteiger partial charge in [-0.05, 0) is 23.6 Å². The monoisotopic (exact) mass is 299 g/mol. The number of rotatable bonds is 6. The van der Waals surface area contributed by atoms with Gasteiger partial charge in [-0.2, -0.15) is 0 Å². The SMILES string of the molecule is CC(C)C(CN)C(=O)NCc1ccc(S(N)(=O)=O)cc1. The molecule has 0 spiro atoms. The number of carbonyl (C=O) groups excluding carboxylic acids is 1. The predicted octanol–water partition coefficient (Wildman–Crippen LogP) is 0.181. The van der Waals surface area contributed by atoms with Gasteiger partial charge in [-0.1, -0.05) is 26.0 Å². The molecule has 1 amide bonds. The first-order valence-electron chi connectivity index (χ1n) is 6.35. The van der Waals surface area contributed by atoms with Crippen LogP contribution in [0.1, 0.15) is 19.4 Å². The molecule has 0 aliphatic rings. The van der Waals surface area contributed by atoms with Crippen LogP contribution in [0, 0.1) is 11.8 Å². The Morgan fingerprint density at radius 1 is 1.25 bits per heavy atom. The van der Waals surface area contributed by atoms with Crippen LogP contribution in [0.15, 0.2) is 29.2 Å². The van der Waals surface area contributed by atoms with Crippen molar-refractivity contribution in [1.29, 1.82) is 0 Å². The van der Waals surface area contributed by atoms with Crippen molar-refractivity contribution in [2.24, 2.45) is 22.7 Å². The molecule has 5 N–H and O–H groups in total. The lowest BCUT2D eigenvalue weighted by molar-refractivity contribution is -0.126. The maximum atomic E-state index is 11.9. The standard InChI is InChI=1S/C13H21N3O3S/c1-9(2)12(7-14)13(17)16-8-10-3-5-11(6-4-10)20(15,18)19/h3-6,9,12H,7-8,14H2,1-2H3,(H,16,17)(H2,15,18,19). The molecule has 1 atom stereocenters.